The van der Waals surface area contributed by atoms with Crippen LogP contribution in [0.4, 0.5) is 0 Å². The number of hydrogen-bond donors (Lipinski definition) is 2. The first-order valence-electron chi connectivity index (χ1n) is 7.13. The molecule has 108 valence electrons. The zero-order chi connectivity index (χ0) is 14.3. The molecule has 1 aromatic rings. The van der Waals surface area contributed by atoms with Crippen molar-refractivity contribution in [3.8, 4) is 5.75 Å². The van der Waals surface area contributed by atoms with Gasteiger partial charge in [0.15, 0.2) is 0 Å². The number of ether oxygens (including phenoxy) is 1. The first kappa shape index (κ1) is 16.0. The molecule has 0 saturated heterocycles. The Labute approximate surface area is 117 Å². The zero-order valence-electron chi connectivity index (χ0n) is 12.7. The Balaban J connectivity index is 2.56. The van der Waals surface area contributed by atoms with Gasteiger partial charge in [-0.25, -0.2) is 0 Å². The van der Waals surface area contributed by atoms with Crippen molar-refractivity contribution in [2.24, 2.45) is 5.73 Å². The molecule has 3 N–H and O–H groups in total. The van der Waals surface area contributed by atoms with Gasteiger partial charge in [0.2, 0.25) is 0 Å². The van der Waals surface area contributed by atoms with Crippen molar-refractivity contribution in [3.05, 3.63) is 29.8 Å². The number of methoxy groups -OCH3 is 1. The quantitative estimate of drug-likeness (QED) is 0.759. The first-order valence-corrected chi connectivity index (χ1v) is 7.13. The fourth-order valence-electron chi connectivity index (χ4n) is 2.14. The Morgan fingerprint density at radius 3 is 2.42 bits per heavy atom. The Morgan fingerprint density at radius 2 is 1.95 bits per heavy atom. The van der Waals surface area contributed by atoms with Crippen LogP contribution in [0.2, 0.25) is 0 Å². The van der Waals surface area contributed by atoms with Crippen LogP contribution in [0, 0.1) is 0 Å². The molecule has 0 spiro atoms. The molecule has 0 aliphatic rings. The highest BCUT2D eigenvalue weighted by Crippen LogP contribution is 2.17. The second-order valence-corrected chi connectivity index (χ2v) is 5.57. The van der Waals surface area contributed by atoms with Gasteiger partial charge in [-0.1, -0.05) is 19.1 Å². The molecular weight excluding hydrogens is 236 g/mol. The zero-order valence-corrected chi connectivity index (χ0v) is 12.7. The van der Waals surface area contributed by atoms with Gasteiger partial charge in [0.05, 0.1) is 7.11 Å². The van der Waals surface area contributed by atoms with E-state index in [9.17, 15) is 0 Å². The minimum atomic E-state index is 0.00928. The van der Waals surface area contributed by atoms with Gasteiger partial charge < -0.3 is 15.8 Å². The number of benzene rings is 1. The molecule has 19 heavy (non-hydrogen) atoms. The molecule has 3 nitrogen and oxygen atoms in total. The van der Waals surface area contributed by atoms with E-state index >= 15 is 0 Å². The summed E-state index contributed by atoms with van der Waals surface area (Å²) in [4.78, 5) is 0. The van der Waals surface area contributed by atoms with Crippen molar-refractivity contribution in [2.45, 2.75) is 51.6 Å². The molecule has 2 unspecified atom stereocenters. The van der Waals surface area contributed by atoms with Crippen LogP contribution in [0.5, 0.6) is 5.75 Å². The molecule has 0 heterocycles. The maximum absolute atomic E-state index is 5.94. The Kier molecular flexibility index (Phi) is 6.32. The minimum Gasteiger partial charge on any atom is -0.497 e. The second kappa shape index (κ2) is 7.51. The third-order valence-corrected chi connectivity index (χ3v) is 3.78. The van der Waals surface area contributed by atoms with E-state index in [1.165, 1.54) is 5.56 Å². The lowest BCUT2D eigenvalue weighted by Crippen LogP contribution is -2.52. The van der Waals surface area contributed by atoms with Gasteiger partial charge in [0, 0.05) is 18.1 Å². The first-order chi connectivity index (χ1) is 9.03. The Hall–Kier alpha value is -1.06. The molecule has 3 heteroatoms. The van der Waals surface area contributed by atoms with Crippen LogP contribution < -0.4 is 15.8 Å². The third-order valence-electron chi connectivity index (χ3n) is 3.78. The smallest absolute Gasteiger partial charge is 0.118 e. The normalized spacial score (nSPS) is 15.8. The molecule has 0 saturated carbocycles. The molecule has 1 aromatic carbocycles. The number of hydrogen-bond acceptors (Lipinski definition) is 3. The predicted octanol–water partition coefficient (Wildman–Crippen LogP) is 2.73. The average molecular weight is 264 g/mol. The standard InChI is InChI=1S/C16H28N2O/c1-5-13(2)18-16(3,12-17)11-10-14-6-8-15(19-4)9-7-14/h6-9,13,18H,5,10-12,17H2,1-4H3. The van der Waals surface area contributed by atoms with E-state index in [0.29, 0.717) is 12.6 Å². The molecule has 0 radical (unpaired) electrons. The highest BCUT2D eigenvalue weighted by molar-refractivity contribution is 5.27. The molecular formula is C16H28N2O. The van der Waals surface area contributed by atoms with Crippen molar-refractivity contribution in [2.75, 3.05) is 13.7 Å². The predicted molar refractivity (Wildman–Crippen MR) is 81.7 cm³/mol. The van der Waals surface area contributed by atoms with E-state index < -0.39 is 0 Å². The molecule has 1 rings (SSSR count). The highest BCUT2D eigenvalue weighted by Gasteiger charge is 2.23. The summed E-state index contributed by atoms with van der Waals surface area (Å²) in [5.74, 6) is 0.906. The lowest BCUT2D eigenvalue weighted by molar-refractivity contribution is 0.300. The second-order valence-electron chi connectivity index (χ2n) is 5.57. The van der Waals surface area contributed by atoms with Crippen LogP contribution in [0.3, 0.4) is 0 Å². The minimum absolute atomic E-state index is 0.00928. The van der Waals surface area contributed by atoms with Crippen LogP contribution in [0.25, 0.3) is 0 Å². The van der Waals surface area contributed by atoms with Gasteiger partial charge in [-0.15, -0.1) is 0 Å². The van der Waals surface area contributed by atoms with E-state index in [0.717, 1.165) is 25.0 Å². The van der Waals surface area contributed by atoms with Crippen molar-refractivity contribution in [1.82, 2.24) is 5.32 Å². The topological polar surface area (TPSA) is 47.3 Å². The van der Waals surface area contributed by atoms with E-state index in [1.807, 2.05) is 12.1 Å². The SMILES string of the molecule is CCC(C)NC(C)(CN)CCc1ccc(OC)cc1. The number of rotatable bonds is 8. The molecule has 0 aromatic heterocycles. The van der Waals surface area contributed by atoms with Crippen molar-refractivity contribution in [3.63, 3.8) is 0 Å². The largest absolute Gasteiger partial charge is 0.497 e. The van der Waals surface area contributed by atoms with E-state index in [-0.39, 0.29) is 5.54 Å². The summed E-state index contributed by atoms with van der Waals surface area (Å²) in [5.41, 5.74) is 7.27. The summed E-state index contributed by atoms with van der Waals surface area (Å²) in [5, 5.41) is 3.64. The van der Waals surface area contributed by atoms with Crippen LogP contribution in [0.15, 0.2) is 24.3 Å². The van der Waals surface area contributed by atoms with Crippen LogP contribution in [0.1, 0.15) is 39.2 Å². The van der Waals surface area contributed by atoms with Gasteiger partial charge in [0.1, 0.15) is 5.75 Å². The lowest BCUT2D eigenvalue weighted by Gasteiger charge is -2.33. The van der Waals surface area contributed by atoms with Crippen molar-refractivity contribution < 1.29 is 4.74 Å². The van der Waals surface area contributed by atoms with E-state index in [2.05, 4.69) is 38.2 Å². The van der Waals surface area contributed by atoms with Gasteiger partial charge in [0.25, 0.3) is 0 Å². The van der Waals surface area contributed by atoms with Gasteiger partial charge in [-0.3, -0.25) is 0 Å². The molecule has 0 aliphatic carbocycles. The lowest BCUT2D eigenvalue weighted by atomic mass is 9.92. The monoisotopic (exact) mass is 264 g/mol. The van der Waals surface area contributed by atoms with Gasteiger partial charge in [-0.2, -0.15) is 0 Å². The van der Waals surface area contributed by atoms with Crippen LogP contribution in [-0.4, -0.2) is 25.2 Å². The molecule has 0 fully saturated rings. The van der Waals surface area contributed by atoms with Gasteiger partial charge >= 0.3 is 0 Å². The summed E-state index contributed by atoms with van der Waals surface area (Å²) in [6.07, 6.45) is 3.19. The summed E-state index contributed by atoms with van der Waals surface area (Å²) < 4.78 is 5.17. The number of nitrogens with two attached hydrogens (primary N) is 1. The fourth-order valence-corrected chi connectivity index (χ4v) is 2.14. The summed E-state index contributed by atoms with van der Waals surface area (Å²) >= 11 is 0. The van der Waals surface area contributed by atoms with E-state index in [4.69, 9.17) is 10.5 Å². The van der Waals surface area contributed by atoms with Gasteiger partial charge in [-0.05, 0) is 50.8 Å². The van der Waals surface area contributed by atoms with Crippen LogP contribution >= 0.6 is 0 Å². The third kappa shape index (κ3) is 5.21. The molecule has 0 aliphatic heterocycles. The summed E-state index contributed by atoms with van der Waals surface area (Å²) in [6.45, 7) is 7.27. The summed E-state index contributed by atoms with van der Waals surface area (Å²) in [6, 6.07) is 8.77. The number of aryl methyl sites for hydroxylation is 1. The number of nitrogens with one attached hydrogen (secondary N) is 1. The van der Waals surface area contributed by atoms with Crippen molar-refractivity contribution in [1.29, 1.82) is 0 Å². The Bertz CT molecular complexity index is 364. The fraction of sp³-hybridized carbons (Fsp3) is 0.625. The van der Waals surface area contributed by atoms with E-state index in [1.54, 1.807) is 7.11 Å². The summed E-state index contributed by atoms with van der Waals surface area (Å²) in [7, 11) is 1.69. The maximum Gasteiger partial charge on any atom is 0.118 e. The Morgan fingerprint density at radius 1 is 1.32 bits per heavy atom. The van der Waals surface area contributed by atoms with Crippen molar-refractivity contribution >= 4 is 0 Å². The van der Waals surface area contributed by atoms with Crippen LogP contribution in [-0.2, 0) is 6.42 Å². The highest BCUT2D eigenvalue weighted by atomic mass is 16.5. The molecule has 0 amide bonds. The maximum atomic E-state index is 5.94. The average Bonchev–Trinajstić information content (AvgIpc) is 2.45. The molecule has 2 atom stereocenters. The molecule has 0 bridgehead atoms.